The highest BCUT2D eigenvalue weighted by Crippen LogP contribution is 2.25. The van der Waals surface area contributed by atoms with Crippen LogP contribution in [-0.4, -0.2) is 23.6 Å². The molecule has 0 aliphatic heterocycles. The van der Waals surface area contributed by atoms with E-state index in [2.05, 4.69) is 4.98 Å². The Hall–Kier alpha value is -2.07. The Bertz CT molecular complexity index is 795. The van der Waals surface area contributed by atoms with Gasteiger partial charge in [-0.1, -0.05) is 6.07 Å². The van der Waals surface area contributed by atoms with Crippen molar-refractivity contribution in [2.24, 2.45) is 0 Å². The fraction of sp³-hybridized carbons (Fsp3) is 0.188. The van der Waals surface area contributed by atoms with Crippen LogP contribution in [-0.2, 0) is 5.88 Å². The van der Waals surface area contributed by atoms with Gasteiger partial charge in [-0.3, -0.25) is 4.57 Å². The minimum atomic E-state index is -0.284. The van der Waals surface area contributed by atoms with Gasteiger partial charge in [0.1, 0.15) is 11.6 Å². The van der Waals surface area contributed by atoms with Crippen LogP contribution < -0.4 is 4.90 Å². The van der Waals surface area contributed by atoms with Crippen molar-refractivity contribution in [1.82, 2.24) is 9.55 Å². The lowest BCUT2D eigenvalue weighted by Gasteiger charge is -2.15. The Morgan fingerprint density at radius 1 is 1.19 bits per heavy atom. The normalized spacial score (nSPS) is 11.0. The summed E-state index contributed by atoms with van der Waals surface area (Å²) in [4.78, 5) is 6.49. The Morgan fingerprint density at radius 3 is 2.71 bits per heavy atom. The van der Waals surface area contributed by atoms with Gasteiger partial charge < -0.3 is 4.90 Å². The van der Waals surface area contributed by atoms with Crippen LogP contribution >= 0.6 is 11.6 Å². The third-order valence-corrected chi connectivity index (χ3v) is 3.65. The van der Waals surface area contributed by atoms with Gasteiger partial charge in [0.2, 0.25) is 0 Å². The second-order valence-corrected chi connectivity index (χ2v) is 5.31. The van der Waals surface area contributed by atoms with Crippen LogP contribution in [0.2, 0.25) is 0 Å². The van der Waals surface area contributed by atoms with Gasteiger partial charge in [0, 0.05) is 31.5 Å². The van der Waals surface area contributed by atoms with E-state index in [4.69, 9.17) is 11.6 Å². The highest BCUT2D eigenvalue weighted by Gasteiger charge is 2.13. The molecule has 5 heteroatoms. The largest absolute Gasteiger partial charge is 0.378 e. The predicted octanol–water partition coefficient (Wildman–Crippen LogP) is 3.97. The van der Waals surface area contributed by atoms with Gasteiger partial charge in [0.25, 0.3) is 0 Å². The average molecular weight is 304 g/mol. The van der Waals surface area contributed by atoms with E-state index < -0.39 is 0 Å². The lowest BCUT2D eigenvalue weighted by Crippen LogP contribution is -2.09. The van der Waals surface area contributed by atoms with Gasteiger partial charge in [0.05, 0.1) is 16.9 Å². The molecular weight excluding hydrogens is 289 g/mol. The van der Waals surface area contributed by atoms with Crippen LogP contribution in [0.3, 0.4) is 0 Å². The van der Waals surface area contributed by atoms with Gasteiger partial charge in [0.15, 0.2) is 0 Å². The van der Waals surface area contributed by atoms with E-state index in [9.17, 15) is 4.39 Å². The quantitative estimate of drug-likeness (QED) is 0.683. The monoisotopic (exact) mass is 303 g/mol. The van der Waals surface area contributed by atoms with Gasteiger partial charge in [-0.2, -0.15) is 0 Å². The number of nitrogens with zero attached hydrogens (tertiary/aromatic N) is 3. The molecule has 3 aromatic rings. The van der Waals surface area contributed by atoms with E-state index in [1.807, 2.05) is 47.8 Å². The van der Waals surface area contributed by atoms with E-state index in [0.29, 0.717) is 5.82 Å². The zero-order chi connectivity index (χ0) is 15.0. The second kappa shape index (κ2) is 5.37. The summed E-state index contributed by atoms with van der Waals surface area (Å²) in [5.41, 5.74) is 3.44. The average Bonchev–Trinajstić information content (AvgIpc) is 2.85. The van der Waals surface area contributed by atoms with Crippen molar-refractivity contribution in [2.45, 2.75) is 5.88 Å². The van der Waals surface area contributed by atoms with E-state index in [0.717, 1.165) is 22.4 Å². The molecule has 21 heavy (non-hydrogen) atoms. The molecule has 1 aromatic heterocycles. The van der Waals surface area contributed by atoms with Gasteiger partial charge in [-0.15, -0.1) is 11.6 Å². The van der Waals surface area contributed by atoms with Crippen molar-refractivity contribution < 1.29 is 4.39 Å². The lowest BCUT2D eigenvalue weighted by atomic mass is 10.2. The summed E-state index contributed by atoms with van der Waals surface area (Å²) in [6, 6.07) is 12.6. The molecule has 0 fully saturated rings. The molecule has 3 nitrogen and oxygen atoms in total. The molecule has 0 bridgehead atoms. The maximum Gasteiger partial charge on any atom is 0.129 e. The van der Waals surface area contributed by atoms with Gasteiger partial charge in [-0.05, 0) is 30.3 Å². The van der Waals surface area contributed by atoms with E-state index in [-0.39, 0.29) is 11.7 Å². The SMILES string of the molecule is CN(C)c1cccc(-n2c(CCl)nc3ccc(F)cc32)c1. The number of halogens is 2. The van der Waals surface area contributed by atoms with E-state index in [1.54, 1.807) is 6.07 Å². The van der Waals surface area contributed by atoms with Crippen LogP contribution in [0, 0.1) is 5.82 Å². The summed E-state index contributed by atoms with van der Waals surface area (Å²) in [5, 5.41) is 0. The first-order chi connectivity index (χ1) is 10.1. The molecule has 0 amide bonds. The number of fused-ring (bicyclic) bond motifs is 1. The number of anilines is 1. The summed E-state index contributed by atoms with van der Waals surface area (Å²) in [7, 11) is 3.96. The first-order valence-corrected chi connectivity index (χ1v) is 7.14. The maximum atomic E-state index is 13.6. The predicted molar refractivity (Wildman–Crippen MR) is 84.9 cm³/mol. The molecule has 3 rings (SSSR count). The third-order valence-electron chi connectivity index (χ3n) is 3.41. The number of hydrogen-bond donors (Lipinski definition) is 0. The maximum absolute atomic E-state index is 13.6. The standard InChI is InChI=1S/C16H15ClFN3/c1-20(2)12-4-3-5-13(9-12)21-15-8-11(18)6-7-14(15)19-16(21)10-17/h3-9H,10H2,1-2H3. The fourth-order valence-corrected chi connectivity index (χ4v) is 2.57. The molecule has 1 heterocycles. The Kier molecular flexibility index (Phi) is 3.55. The summed E-state index contributed by atoms with van der Waals surface area (Å²) >= 11 is 6.01. The molecule has 0 atom stereocenters. The van der Waals surface area contributed by atoms with Crippen molar-refractivity contribution in [3.8, 4) is 5.69 Å². The zero-order valence-electron chi connectivity index (χ0n) is 11.8. The summed E-state index contributed by atoms with van der Waals surface area (Å²) < 4.78 is 15.5. The molecule has 0 aliphatic rings. The molecule has 2 aromatic carbocycles. The smallest absolute Gasteiger partial charge is 0.129 e. The van der Waals surface area contributed by atoms with Crippen LogP contribution in [0.4, 0.5) is 10.1 Å². The minimum Gasteiger partial charge on any atom is -0.378 e. The molecular formula is C16H15ClFN3. The molecule has 0 saturated heterocycles. The highest BCUT2D eigenvalue weighted by atomic mass is 35.5. The van der Waals surface area contributed by atoms with Crippen LogP contribution in [0.25, 0.3) is 16.7 Å². The van der Waals surface area contributed by atoms with Gasteiger partial charge >= 0.3 is 0 Å². The lowest BCUT2D eigenvalue weighted by molar-refractivity contribution is 0.629. The zero-order valence-corrected chi connectivity index (χ0v) is 12.6. The molecule has 0 N–H and O–H groups in total. The van der Waals surface area contributed by atoms with E-state index >= 15 is 0 Å². The molecule has 0 unspecified atom stereocenters. The number of benzene rings is 2. The highest BCUT2D eigenvalue weighted by molar-refractivity contribution is 6.17. The number of rotatable bonds is 3. The van der Waals surface area contributed by atoms with Crippen LogP contribution in [0.1, 0.15) is 5.82 Å². The summed E-state index contributed by atoms with van der Waals surface area (Å²) in [6.45, 7) is 0. The van der Waals surface area contributed by atoms with Crippen LogP contribution in [0.15, 0.2) is 42.5 Å². The van der Waals surface area contributed by atoms with E-state index in [1.165, 1.54) is 12.1 Å². The first-order valence-electron chi connectivity index (χ1n) is 6.61. The molecule has 108 valence electrons. The molecule has 0 radical (unpaired) electrons. The molecule has 0 spiro atoms. The molecule has 0 saturated carbocycles. The number of imidazole rings is 1. The van der Waals surface area contributed by atoms with Crippen molar-refractivity contribution in [1.29, 1.82) is 0 Å². The molecule has 0 aliphatic carbocycles. The van der Waals surface area contributed by atoms with Crippen molar-refractivity contribution in [2.75, 3.05) is 19.0 Å². The summed E-state index contributed by atoms with van der Waals surface area (Å²) in [5.74, 6) is 0.685. The van der Waals surface area contributed by atoms with Crippen molar-refractivity contribution in [3.05, 3.63) is 54.1 Å². The fourth-order valence-electron chi connectivity index (χ4n) is 2.39. The summed E-state index contributed by atoms with van der Waals surface area (Å²) in [6.07, 6.45) is 0. The number of aromatic nitrogens is 2. The van der Waals surface area contributed by atoms with Gasteiger partial charge in [-0.25, -0.2) is 9.37 Å². The van der Waals surface area contributed by atoms with Crippen molar-refractivity contribution >= 4 is 28.3 Å². The Labute approximate surface area is 127 Å². The first kappa shape index (κ1) is 13.9. The topological polar surface area (TPSA) is 21.1 Å². The second-order valence-electron chi connectivity index (χ2n) is 5.04. The third kappa shape index (κ3) is 2.47. The Balaban J connectivity index is 2.27. The Morgan fingerprint density at radius 2 is 2.00 bits per heavy atom. The number of alkyl halides is 1. The van der Waals surface area contributed by atoms with Crippen LogP contribution in [0.5, 0.6) is 0 Å². The number of hydrogen-bond acceptors (Lipinski definition) is 2. The van der Waals surface area contributed by atoms with Crippen molar-refractivity contribution in [3.63, 3.8) is 0 Å². The minimum absolute atomic E-state index is 0.266.